The predicted octanol–water partition coefficient (Wildman–Crippen LogP) is 2.88. The third-order valence-electron chi connectivity index (χ3n) is 5.71. The number of piperidine rings is 1. The number of halogens is 1. The van der Waals surface area contributed by atoms with E-state index in [0.717, 1.165) is 36.9 Å². The van der Waals surface area contributed by atoms with Crippen LogP contribution >= 0.6 is 0 Å². The van der Waals surface area contributed by atoms with Gasteiger partial charge in [0.05, 0.1) is 11.4 Å². The summed E-state index contributed by atoms with van der Waals surface area (Å²) in [5.74, 6) is -0.0654. The number of rotatable bonds is 6. The van der Waals surface area contributed by atoms with Gasteiger partial charge in [-0.1, -0.05) is 6.07 Å². The van der Waals surface area contributed by atoms with Crippen LogP contribution in [0.15, 0.2) is 36.7 Å². The maximum Gasteiger partial charge on any atom is 0.237 e. The Morgan fingerprint density at radius 1 is 1.42 bits per heavy atom. The van der Waals surface area contributed by atoms with Crippen molar-refractivity contribution in [1.82, 2.24) is 20.2 Å². The molecule has 2 atom stereocenters. The molecule has 0 spiro atoms. The van der Waals surface area contributed by atoms with E-state index in [1.165, 1.54) is 6.07 Å². The molecular formula is C23H28FN5O2. The van der Waals surface area contributed by atoms with Crippen LogP contribution in [0.25, 0.3) is 11.0 Å². The van der Waals surface area contributed by atoms with Crippen molar-refractivity contribution in [2.45, 2.75) is 38.3 Å². The molecule has 8 heteroatoms. The average molecular weight is 426 g/mol. The zero-order valence-corrected chi connectivity index (χ0v) is 17.8. The topological polar surface area (TPSA) is 96.3 Å². The van der Waals surface area contributed by atoms with Gasteiger partial charge in [-0.2, -0.15) is 0 Å². The highest BCUT2D eigenvalue weighted by molar-refractivity contribution is 5.86. The van der Waals surface area contributed by atoms with Crippen molar-refractivity contribution in [1.29, 1.82) is 0 Å². The van der Waals surface area contributed by atoms with Gasteiger partial charge in [0.15, 0.2) is 11.6 Å². The molecular weight excluding hydrogens is 397 g/mol. The van der Waals surface area contributed by atoms with E-state index < -0.39 is 11.9 Å². The number of aromatic amines is 1. The number of H-pyrrole nitrogens is 1. The van der Waals surface area contributed by atoms with E-state index in [2.05, 4.69) is 20.2 Å². The maximum atomic E-state index is 14.7. The largest absolute Gasteiger partial charge is 0.453 e. The van der Waals surface area contributed by atoms with E-state index in [4.69, 9.17) is 10.5 Å². The van der Waals surface area contributed by atoms with Crippen LogP contribution in [0.4, 0.5) is 4.39 Å². The number of carbonyl (C=O) groups is 1. The molecule has 4 rings (SSSR count). The Bertz CT molecular complexity index is 1080. The predicted molar refractivity (Wildman–Crippen MR) is 118 cm³/mol. The first-order valence-corrected chi connectivity index (χ1v) is 10.5. The quantitative estimate of drug-likeness (QED) is 0.564. The maximum absolute atomic E-state index is 14.7. The Balaban J connectivity index is 1.41. The number of benzene rings is 1. The first-order chi connectivity index (χ1) is 14.9. The Kier molecular flexibility index (Phi) is 6.20. The molecule has 164 valence electrons. The Labute approximate surface area is 180 Å². The number of nitrogens with one attached hydrogen (secondary N) is 2. The summed E-state index contributed by atoms with van der Waals surface area (Å²) in [6.07, 6.45) is 5.70. The average Bonchev–Trinajstić information content (AvgIpc) is 3.12. The van der Waals surface area contributed by atoms with Gasteiger partial charge in [-0.25, -0.2) is 9.37 Å². The van der Waals surface area contributed by atoms with Crippen molar-refractivity contribution in [3.05, 3.63) is 53.6 Å². The summed E-state index contributed by atoms with van der Waals surface area (Å²) in [5, 5.41) is 3.83. The van der Waals surface area contributed by atoms with Crippen molar-refractivity contribution in [3.8, 4) is 11.5 Å². The second kappa shape index (κ2) is 9.03. The van der Waals surface area contributed by atoms with E-state index >= 15 is 0 Å². The Morgan fingerprint density at radius 3 is 3.03 bits per heavy atom. The second-order valence-corrected chi connectivity index (χ2v) is 8.29. The number of hydrogen-bond donors (Lipinski definition) is 3. The van der Waals surface area contributed by atoms with E-state index in [9.17, 15) is 9.18 Å². The van der Waals surface area contributed by atoms with Gasteiger partial charge in [0.2, 0.25) is 5.91 Å². The van der Waals surface area contributed by atoms with Gasteiger partial charge in [-0.05, 0) is 69.1 Å². The van der Waals surface area contributed by atoms with Crippen LogP contribution in [-0.2, 0) is 11.2 Å². The van der Waals surface area contributed by atoms with E-state index in [1.807, 2.05) is 20.2 Å². The summed E-state index contributed by atoms with van der Waals surface area (Å²) in [4.78, 5) is 22.0. The number of nitrogens with zero attached hydrogens (tertiary/aromatic N) is 2. The molecule has 31 heavy (non-hydrogen) atoms. The van der Waals surface area contributed by atoms with Crippen LogP contribution in [0.1, 0.15) is 24.0 Å². The van der Waals surface area contributed by atoms with Gasteiger partial charge in [0.1, 0.15) is 11.4 Å². The number of amides is 1. The number of aryl methyl sites for hydroxylation is 1. The highest BCUT2D eigenvalue weighted by Gasteiger charge is 2.22. The SMILES string of the molecule is Cc1c[nH]c2nccc(Oc3ccc(CC(N)C(=O)NC4CCCN(C)C4)cc3F)c12. The third kappa shape index (κ3) is 4.86. The lowest BCUT2D eigenvalue weighted by molar-refractivity contribution is -0.123. The van der Waals surface area contributed by atoms with E-state index in [-0.39, 0.29) is 24.1 Å². The molecule has 0 saturated carbocycles. The fourth-order valence-corrected chi connectivity index (χ4v) is 4.08. The summed E-state index contributed by atoms with van der Waals surface area (Å²) >= 11 is 0. The third-order valence-corrected chi connectivity index (χ3v) is 5.71. The lowest BCUT2D eigenvalue weighted by Crippen LogP contribution is -2.51. The molecule has 4 N–H and O–H groups in total. The molecule has 0 radical (unpaired) electrons. The lowest BCUT2D eigenvalue weighted by atomic mass is 10.0. The number of nitrogens with two attached hydrogens (primary N) is 1. The summed E-state index contributed by atoms with van der Waals surface area (Å²) in [6, 6.07) is 5.76. The Morgan fingerprint density at radius 2 is 2.26 bits per heavy atom. The van der Waals surface area contributed by atoms with Gasteiger partial charge in [0, 0.05) is 25.0 Å². The van der Waals surface area contributed by atoms with Crippen molar-refractivity contribution < 1.29 is 13.9 Å². The number of carbonyl (C=O) groups excluding carboxylic acids is 1. The highest BCUT2D eigenvalue weighted by atomic mass is 19.1. The second-order valence-electron chi connectivity index (χ2n) is 8.29. The number of ether oxygens (including phenoxy) is 1. The number of aromatic nitrogens is 2. The standard InChI is InChI=1S/C23H28FN5O2/c1-14-12-27-22-21(14)20(7-8-26-22)31-19-6-5-15(10-17(19)24)11-18(25)23(30)28-16-4-3-9-29(2)13-16/h5-8,10,12,16,18H,3-4,9,11,13,25H2,1-2H3,(H,26,27)(H,28,30). The molecule has 1 aromatic carbocycles. The van der Waals surface area contributed by atoms with E-state index in [0.29, 0.717) is 17.0 Å². The summed E-state index contributed by atoms with van der Waals surface area (Å²) in [7, 11) is 2.04. The number of fused-ring (bicyclic) bond motifs is 1. The fraction of sp³-hybridized carbons (Fsp3) is 0.391. The number of pyridine rings is 1. The van der Waals surface area contributed by atoms with Crippen molar-refractivity contribution in [2.24, 2.45) is 5.73 Å². The summed E-state index contributed by atoms with van der Waals surface area (Å²) < 4.78 is 20.6. The molecule has 3 aromatic rings. The molecule has 0 aliphatic carbocycles. The molecule has 1 fully saturated rings. The number of likely N-dealkylation sites (N-methyl/N-ethyl adjacent to an activating group) is 1. The minimum Gasteiger partial charge on any atom is -0.453 e. The van der Waals surface area contributed by atoms with Crippen LogP contribution in [0, 0.1) is 12.7 Å². The van der Waals surface area contributed by atoms with Crippen LogP contribution in [0.5, 0.6) is 11.5 Å². The molecule has 3 heterocycles. The fourth-order valence-electron chi connectivity index (χ4n) is 4.08. The van der Waals surface area contributed by atoms with Gasteiger partial charge < -0.3 is 25.7 Å². The van der Waals surface area contributed by atoms with Crippen LogP contribution < -0.4 is 15.8 Å². The molecule has 7 nitrogen and oxygen atoms in total. The van der Waals surface area contributed by atoms with E-state index in [1.54, 1.807) is 24.4 Å². The Hall–Kier alpha value is -2.97. The lowest BCUT2D eigenvalue weighted by Gasteiger charge is -2.30. The monoisotopic (exact) mass is 425 g/mol. The minimum absolute atomic E-state index is 0.110. The summed E-state index contributed by atoms with van der Waals surface area (Å²) in [5.41, 5.74) is 8.39. The van der Waals surface area contributed by atoms with Crippen LogP contribution in [-0.4, -0.2) is 53.0 Å². The first kappa shape index (κ1) is 21.3. The van der Waals surface area contributed by atoms with Gasteiger partial charge in [-0.15, -0.1) is 0 Å². The molecule has 1 aliphatic heterocycles. The molecule has 1 amide bonds. The number of hydrogen-bond acceptors (Lipinski definition) is 5. The normalized spacial score (nSPS) is 18.1. The molecule has 1 aliphatic rings. The van der Waals surface area contributed by atoms with Crippen molar-refractivity contribution >= 4 is 16.9 Å². The molecule has 2 aromatic heterocycles. The molecule has 1 saturated heterocycles. The highest BCUT2D eigenvalue weighted by Crippen LogP contribution is 2.32. The smallest absolute Gasteiger partial charge is 0.237 e. The van der Waals surface area contributed by atoms with Crippen molar-refractivity contribution in [2.75, 3.05) is 20.1 Å². The minimum atomic E-state index is -0.735. The summed E-state index contributed by atoms with van der Waals surface area (Å²) in [6.45, 7) is 3.80. The number of likely N-dealkylation sites (tertiary alicyclic amines) is 1. The van der Waals surface area contributed by atoms with Crippen molar-refractivity contribution in [3.63, 3.8) is 0 Å². The first-order valence-electron chi connectivity index (χ1n) is 10.5. The zero-order chi connectivity index (χ0) is 22.0. The van der Waals surface area contributed by atoms with Gasteiger partial charge in [-0.3, -0.25) is 4.79 Å². The van der Waals surface area contributed by atoms with Crippen LogP contribution in [0.3, 0.4) is 0 Å². The van der Waals surface area contributed by atoms with Gasteiger partial charge in [0.25, 0.3) is 0 Å². The van der Waals surface area contributed by atoms with Crippen LogP contribution in [0.2, 0.25) is 0 Å². The van der Waals surface area contributed by atoms with Gasteiger partial charge >= 0.3 is 0 Å². The zero-order valence-electron chi connectivity index (χ0n) is 17.8. The molecule has 2 unspecified atom stereocenters. The molecule has 0 bridgehead atoms.